The molecule has 0 atom stereocenters. The standard InChI is InChI=1S/C18H15F3N2O2/c1-25-16-7-5-13(6-8-16)11-23(12-18(19,20)21)17(24)15-4-2-3-14(9-15)10-22/h2-9H,11-12H2,1H3. The van der Waals surface area contributed by atoms with E-state index in [0.717, 1.165) is 0 Å². The second-order valence-electron chi connectivity index (χ2n) is 5.32. The van der Waals surface area contributed by atoms with Gasteiger partial charge in [-0.15, -0.1) is 0 Å². The summed E-state index contributed by atoms with van der Waals surface area (Å²) in [5, 5.41) is 8.89. The Morgan fingerprint density at radius 2 is 1.88 bits per heavy atom. The summed E-state index contributed by atoms with van der Waals surface area (Å²) in [5.74, 6) is -0.218. The number of alkyl halides is 3. The van der Waals surface area contributed by atoms with E-state index < -0.39 is 18.6 Å². The lowest BCUT2D eigenvalue weighted by Gasteiger charge is -2.24. The van der Waals surface area contributed by atoms with Gasteiger partial charge in [0.1, 0.15) is 12.3 Å². The highest BCUT2D eigenvalue weighted by Gasteiger charge is 2.33. The van der Waals surface area contributed by atoms with Crippen molar-refractivity contribution in [2.24, 2.45) is 0 Å². The first-order valence-corrected chi connectivity index (χ1v) is 7.31. The molecule has 0 aliphatic heterocycles. The van der Waals surface area contributed by atoms with E-state index in [-0.39, 0.29) is 17.7 Å². The Bertz CT molecular complexity index is 780. The summed E-state index contributed by atoms with van der Waals surface area (Å²) < 4.78 is 43.7. The van der Waals surface area contributed by atoms with Gasteiger partial charge in [0.15, 0.2) is 0 Å². The van der Waals surface area contributed by atoms with E-state index in [4.69, 9.17) is 10.00 Å². The summed E-state index contributed by atoms with van der Waals surface area (Å²) in [7, 11) is 1.48. The van der Waals surface area contributed by atoms with Gasteiger partial charge in [-0.1, -0.05) is 18.2 Å². The fraction of sp³-hybridized carbons (Fsp3) is 0.222. The van der Waals surface area contributed by atoms with Gasteiger partial charge in [0, 0.05) is 12.1 Å². The van der Waals surface area contributed by atoms with Crippen molar-refractivity contribution >= 4 is 5.91 Å². The average molecular weight is 348 g/mol. The van der Waals surface area contributed by atoms with Crippen LogP contribution in [0.3, 0.4) is 0 Å². The minimum Gasteiger partial charge on any atom is -0.497 e. The molecule has 0 aliphatic rings. The first-order valence-electron chi connectivity index (χ1n) is 7.31. The van der Waals surface area contributed by atoms with Crippen molar-refractivity contribution in [2.45, 2.75) is 12.7 Å². The summed E-state index contributed by atoms with van der Waals surface area (Å²) in [5.41, 5.74) is 0.786. The summed E-state index contributed by atoms with van der Waals surface area (Å²) >= 11 is 0. The Morgan fingerprint density at radius 3 is 2.44 bits per heavy atom. The maximum Gasteiger partial charge on any atom is 0.406 e. The van der Waals surface area contributed by atoms with E-state index >= 15 is 0 Å². The number of hydrogen-bond acceptors (Lipinski definition) is 3. The Hall–Kier alpha value is -3.01. The smallest absolute Gasteiger partial charge is 0.406 e. The molecule has 0 saturated carbocycles. The Labute approximate surface area is 143 Å². The molecular formula is C18H15F3N2O2. The summed E-state index contributed by atoms with van der Waals surface area (Å²) in [6.07, 6.45) is -4.53. The van der Waals surface area contributed by atoms with E-state index in [9.17, 15) is 18.0 Å². The molecule has 0 aromatic heterocycles. The van der Waals surface area contributed by atoms with Gasteiger partial charge in [0.05, 0.1) is 18.7 Å². The summed E-state index contributed by atoms with van der Waals surface area (Å²) in [4.78, 5) is 13.2. The molecule has 0 fully saturated rings. The van der Waals surface area contributed by atoms with Crippen molar-refractivity contribution in [3.63, 3.8) is 0 Å². The molecule has 7 heteroatoms. The zero-order valence-electron chi connectivity index (χ0n) is 13.4. The number of methoxy groups -OCH3 is 1. The summed E-state index contributed by atoms with van der Waals surface area (Å²) in [6.45, 7) is -1.59. The topological polar surface area (TPSA) is 53.3 Å². The lowest BCUT2D eigenvalue weighted by Crippen LogP contribution is -2.38. The molecule has 2 rings (SSSR count). The third-order valence-corrected chi connectivity index (χ3v) is 3.43. The zero-order valence-corrected chi connectivity index (χ0v) is 13.4. The lowest BCUT2D eigenvalue weighted by molar-refractivity contribution is -0.141. The van der Waals surface area contributed by atoms with Gasteiger partial charge >= 0.3 is 6.18 Å². The number of amides is 1. The van der Waals surface area contributed by atoms with Gasteiger partial charge < -0.3 is 9.64 Å². The number of rotatable bonds is 5. The highest BCUT2D eigenvalue weighted by Crippen LogP contribution is 2.21. The third kappa shape index (κ3) is 5.24. The molecule has 4 nitrogen and oxygen atoms in total. The van der Waals surface area contributed by atoms with Crippen LogP contribution in [0.15, 0.2) is 48.5 Å². The van der Waals surface area contributed by atoms with Crippen LogP contribution in [0.5, 0.6) is 5.75 Å². The first kappa shape index (κ1) is 18.3. The van der Waals surface area contributed by atoms with Crippen LogP contribution in [0, 0.1) is 11.3 Å². The molecule has 1 amide bonds. The number of carbonyl (C=O) groups excluding carboxylic acids is 1. The van der Waals surface area contributed by atoms with E-state index in [1.54, 1.807) is 24.3 Å². The molecule has 0 radical (unpaired) electrons. The molecule has 0 unspecified atom stereocenters. The van der Waals surface area contributed by atoms with E-state index in [0.29, 0.717) is 16.2 Å². The van der Waals surface area contributed by atoms with Crippen LogP contribution >= 0.6 is 0 Å². The molecule has 0 heterocycles. The van der Waals surface area contributed by atoms with Gasteiger partial charge in [-0.2, -0.15) is 18.4 Å². The molecular weight excluding hydrogens is 333 g/mol. The summed E-state index contributed by atoms with van der Waals surface area (Å²) in [6, 6.07) is 13.9. The molecule has 25 heavy (non-hydrogen) atoms. The average Bonchev–Trinajstić information content (AvgIpc) is 2.60. The number of carbonyl (C=O) groups is 1. The second-order valence-corrected chi connectivity index (χ2v) is 5.32. The molecule has 0 aliphatic carbocycles. The number of ether oxygens (including phenoxy) is 1. The highest BCUT2D eigenvalue weighted by molar-refractivity contribution is 5.94. The predicted molar refractivity (Wildman–Crippen MR) is 84.9 cm³/mol. The monoisotopic (exact) mass is 348 g/mol. The molecule has 0 spiro atoms. The predicted octanol–water partition coefficient (Wildman–Crippen LogP) is 3.77. The minimum atomic E-state index is -4.53. The van der Waals surface area contributed by atoms with Crippen LogP contribution in [-0.4, -0.2) is 30.6 Å². The van der Waals surface area contributed by atoms with Crippen LogP contribution in [0.25, 0.3) is 0 Å². The van der Waals surface area contributed by atoms with Crippen molar-refractivity contribution in [2.75, 3.05) is 13.7 Å². The SMILES string of the molecule is COc1ccc(CN(CC(F)(F)F)C(=O)c2cccc(C#N)c2)cc1. The molecule has 0 saturated heterocycles. The van der Waals surface area contributed by atoms with Crippen molar-refractivity contribution in [1.82, 2.24) is 4.90 Å². The third-order valence-electron chi connectivity index (χ3n) is 3.43. The molecule has 2 aromatic carbocycles. The lowest BCUT2D eigenvalue weighted by atomic mass is 10.1. The fourth-order valence-corrected chi connectivity index (χ4v) is 2.27. The largest absolute Gasteiger partial charge is 0.497 e. The van der Waals surface area contributed by atoms with Gasteiger partial charge in [-0.05, 0) is 35.9 Å². The second kappa shape index (κ2) is 7.71. The van der Waals surface area contributed by atoms with Crippen LogP contribution < -0.4 is 4.74 Å². The molecule has 0 bridgehead atoms. The van der Waals surface area contributed by atoms with Gasteiger partial charge in [0.2, 0.25) is 0 Å². The number of hydrogen-bond donors (Lipinski definition) is 0. The van der Waals surface area contributed by atoms with Crippen molar-refractivity contribution in [3.05, 3.63) is 65.2 Å². The van der Waals surface area contributed by atoms with E-state index in [1.165, 1.54) is 31.4 Å². The number of benzene rings is 2. The zero-order chi connectivity index (χ0) is 18.4. The molecule has 0 N–H and O–H groups in total. The minimum absolute atomic E-state index is 0.0387. The molecule has 130 valence electrons. The normalized spacial score (nSPS) is 10.8. The van der Waals surface area contributed by atoms with Crippen LogP contribution in [-0.2, 0) is 6.54 Å². The van der Waals surface area contributed by atoms with Crippen LogP contribution in [0.2, 0.25) is 0 Å². The van der Waals surface area contributed by atoms with Crippen molar-refractivity contribution in [3.8, 4) is 11.8 Å². The first-order chi connectivity index (χ1) is 11.8. The number of halogens is 3. The Kier molecular flexibility index (Phi) is 5.65. The maximum atomic E-state index is 12.9. The number of nitrogens with zero attached hydrogens (tertiary/aromatic N) is 2. The van der Waals surface area contributed by atoms with E-state index in [1.807, 2.05) is 6.07 Å². The van der Waals surface area contributed by atoms with Crippen molar-refractivity contribution in [1.29, 1.82) is 5.26 Å². The Balaban J connectivity index is 2.27. The van der Waals surface area contributed by atoms with Gasteiger partial charge in [-0.3, -0.25) is 4.79 Å². The van der Waals surface area contributed by atoms with Crippen LogP contribution in [0.1, 0.15) is 21.5 Å². The van der Waals surface area contributed by atoms with Crippen molar-refractivity contribution < 1.29 is 22.7 Å². The highest BCUT2D eigenvalue weighted by atomic mass is 19.4. The number of nitriles is 1. The van der Waals surface area contributed by atoms with E-state index in [2.05, 4.69) is 0 Å². The van der Waals surface area contributed by atoms with Gasteiger partial charge in [0.25, 0.3) is 5.91 Å². The molecule has 2 aromatic rings. The van der Waals surface area contributed by atoms with Crippen LogP contribution in [0.4, 0.5) is 13.2 Å². The fourth-order valence-electron chi connectivity index (χ4n) is 2.27. The Morgan fingerprint density at radius 1 is 1.20 bits per heavy atom. The quantitative estimate of drug-likeness (QED) is 0.826. The van der Waals surface area contributed by atoms with Gasteiger partial charge in [-0.25, -0.2) is 0 Å². The maximum absolute atomic E-state index is 12.9.